The zero-order chi connectivity index (χ0) is 8.55. The number of carbonyl (C=O) groups is 1. The van der Waals surface area contributed by atoms with Crippen molar-refractivity contribution in [3.63, 3.8) is 0 Å². The summed E-state index contributed by atoms with van der Waals surface area (Å²) in [6.45, 7) is 2.41. The van der Waals surface area contributed by atoms with Gasteiger partial charge in [0.15, 0.2) is 5.78 Å². The van der Waals surface area contributed by atoms with Crippen molar-refractivity contribution in [3.05, 3.63) is 23.5 Å². The Morgan fingerprint density at radius 3 is 3.25 bits per heavy atom. The largest absolute Gasteiger partial charge is 0.491 e. The molecule has 2 heterocycles. The Morgan fingerprint density at radius 1 is 1.58 bits per heavy atom. The van der Waals surface area contributed by atoms with Crippen LogP contribution in [0.25, 0.3) is 0 Å². The van der Waals surface area contributed by atoms with Crippen LogP contribution in [-0.2, 0) is 0 Å². The monoisotopic (exact) mass is 163 g/mol. The molecule has 0 saturated carbocycles. The van der Waals surface area contributed by atoms with E-state index in [2.05, 4.69) is 4.98 Å². The molecule has 0 aromatic carbocycles. The SMILES string of the molecule is Cc1cnc2c(c1)OCCC2=O. The van der Waals surface area contributed by atoms with Gasteiger partial charge in [-0.2, -0.15) is 0 Å². The predicted molar refractivity (Wildman–Crippen MR) is 43.4 cm³/mol. The summed E-state index contributed by atoms with van der Waals surface area (Å²) >= 11 is 0. The minimum atomic E-state index is 0.0799. The van der Waals surface area contributed by atoms with E-state index in [1.54, 1.807) is 6.20 Å². The van der Waals surface area contributed by atoms with Crippen molar-refractivity contribution >= 4 is 5.78 Å². The third kappa shape index (κ3) is 1.07. The lowest BCUT2D eigenvalue weighted by Gasteiger charge is -2.14. The van der Waals surface area contributed by atoms with Crippen molar-refractivity contribution < 1.29 is 9.53 Å². The van der Waals surface area contributed by atoms with Crippen LogP contribution in [0.3, 0.4) is 0 Å². The van der Waals surface area contributed by atoms with Crippen molar-refractivity contribution in [1.29, 1.82) is 0 Å². The highest BCUT2D eigenvalue weighted by Crippen LogP contribution is 2.22. The fourth-order valence-corrected chi connectivity index (χ4v) is 1.23. The Morgan fingerprint density at radius 2 is 2.42 bits per heavy atom. The zero-order valence-electron chi connectivity index (χ0n) is 6.83. The maximum Gasteiger partial charge on any atom is 0.188 e. The third-order valence-corrected chi connectivity index (χ3v) is 1.84. The van der Waals surface area contributed by atoms with Crippen LogP contribution in [0.2, 0.25) is 0 Å². The van der Waals surface area contributed by atoms with Gasteiger partial charge in [0.2, 0.25) is 0 Å². The predicted octanol–water partition coefficient (Wildman–Crippen LogP) is 1.36. The third-order valence-electron chi connectivity index (χ3n) is 1.84. The lowest BCUT2D eigenvalue weighted by molar-refractivity contribution is 0.0926. The maximum absolute atomic E-state index is 11.3. The van der Waals surface area contributed by atoms with E-state index in [0.717, 1.165) is 5.56 Å². The molecule has 3 nitrogen and oxygen atoms in total. The first kappa shape index (κ1) is 7.28. The second-order valence-electron chi connectivity index (χ2n) is 2.88. The van der Waals surface area contributed by atoms with Crippen LogP contribution < -0.4 is 4.74 Å². The minimum absolute atomic E-state index is 0.0799. The highest BCUT2D eigenvalue weighted by Gasteiger charge is 2.19. The van der Waals surface area contributed by atoms with E-state index in [-0.39, 0.29) is 5.78 Å². The molecular weight excluding hydrogens is 154 g/mol. The molecule has 3 heteroatoms. The summed E-state index contributed by atoms with van der Waals surface area (Å²) in [4.78, 5) is 15.3. The average Bonchev–Trinajstić information content (AvgIpc) is 2.04. The van der Waals surface area contributed by atoms with Crippen LogP contribution >= 0.6 is 0 Å². The zero-order valence-corrected chi connectivity index (χ0v) is 6.83. The van der Waals surface area contributed by atoms with E-state index in [4.69, 9.17) is 4.74 Å². The number of aromatic nitrogens is 1. The van der Waals surface area contributed by atoms with Crippen LogP contribution in [-0.4, -0.2) is 17.4 Å². The summed E-state index contributed by atoms with van der Waals surface area (Å²) in [5, 5.41) is 0. The average molecular weight is 163 g/mol. The number of hydrogen-bond donors (Lipinski definition) is 0. The molecular formula is C9H9NO2. The molecule has 0 N–H and O–H groups in total. The molecule has 0 bridgehead atoms. The van der Waals surface area contributed by atoms with Crippen LogP contribution in [0.15, 0.2) is 12.3 Å². The van der Waals surface area contributed by atoms with Gasteiger partial charge in [-0.1, -0.05) is 0 Å². The van der Waals surface area contributed by atoms with Crippen molar-refractivity contribution in [1.82, 2.24) is 4.98 Å². The highest BCUT2D eigenvalue weighted by molar-refractivity contribution is 5.97. The summed E-state index contributed by atoms with van der Waals surface area (Å²) < 4.78 is 5.29. The molecule has 12 heavy (non-hydrogen) atoms. The van der Waals surface area contributed by atoms with Gasteiger partial charge in [0.05, 0.1) is 6.61 Å². The van der Waals surface area contributed by atoms with Crippen LogP contribution in [0.1, 0.15) is 22.5 Å². The van der Waals surface area contributed by atoms with Crippen molar-refractivity contribution in [2.75, 3.05) is 6.61 Å². The first-order chi connectivity index (χ1) is 5.77. The molecule has 2 rings (SSSR count). The van der Waals surface area contributed by atoms with Gasteiger partial charge in [-0.05, 0) is 18.6 Å². The highest BCUT2D eigenvalue weighted by atomic mass is 16.5. The van der Waals surface area contributed by atoms with Gasteiger partial charge in [0, 0.05) is 12.6 Å². The Balaban J connectivity index is 2.53. The van der Waals surface area contributed by atoms with E-state index in [1.165, 1.54) is 0 Å². The fraction of sp³-hybridized carbons (Fsp3) is 0.333. The number of ether oxygens (including phenoxy) is 1. The molecule has 1 aliphatic rings. The van der Waals surface area contributed by atoms with Gasteiger partial charge in [0.1, 0.15) is 11.4 Å². The summed E-state index contributed by atoms with van der Waals surface area (Å²) in [5.74, 6) is 0.711. The number of ketones is 1. The van der Waals surface area contributed by atoms with Gasteiger partial charge < -0.3 is 4.74 Å². The molecule has 62 valence electrons. The summed E-state index contributed by atoms with van der Waals surface area (Å²) in [6.07, 6.45) is 2.13. The standard InChI is InChI=1S/C9H9NO2/c1-6-4-8-9(10-5-6)7(11)2-3-12-8/h4-5H,2-3H2,1H3. The number of aryl methyl sites for hydroxylation is 1. The molecule has 0 atom stereocenters. The molecule has 0 spiro atoms. The number of hydrogen-bond acceptors (Lipinski definition) is 3. The number of pyridine rings is 1. The Kier molecular flexibility index (Phi) is 1.57. The summed E-state index contributed by atoms with van der Waals surface area (Å²) in [5.41, 5.74) is 1.50. The van der Waals surface area contributed by atoms with Crippen LogP contribution in [0.5, 0.6) is 5.75 Å². The second-order valence-corrected chi connectivity index (χ2v) is 2.88. The van der Waals surface area contributed by atoms with Crippen molar-refractivity contribution in [2.24, 2.45) is 0 Å². The lowest BCUT2D eigenvalue weighted by Crippen LogP contribution is -2.16. The van der Waals surface area contributed by atoms with E-state index < -0.39 is 0 Å². The molecule has 0 aliphatic carbocycles. The lowest BCUT2D eigenvalue weighted by atomic mass is 10.1. The van der Waals surface area contributed by atoms with E-state index >= 15 is 0 Å². The Labute approximate surface area is 70.4 Å². The molecule has 1 aromatic rings. The van der Waals surface area contributed by atoms with Crippen molar-refractivity contribution in [2.45, 2.75) is 13.3 Å². The van der Waals surface area contributed by atoms with Crippen LogP contribution in [0.4, 0.5) is 0 Å². The Hall–Kier alpha value is -1.38. The second kappa shape index (κ2) is 2.59. The molecule has 1 aliphatic heterocycles. The smallest absolute Gasteiger partial charge is 0.188 e. The molecule has 1 aromatic heterocycles. The van der Waals surface area contributed by atoms with Crippen molar-refractivity contribution in [3.8, 4) is 5.75 Å². The van der Waals surface area contributed by atoms with Gasteiger partial charge in [-0.25, -0.2) is 4.98 Å². The molecule has 0 unspecified atom stereocenters. The normalized spacial score (nSPS) is 15.2. The maximum atomic E-state index is 11.3. The van der Waals surface area contributed by atoms with E-state index in [9.17, 15) is 4.79 Å². The van der Waals surface area contributed by atoms with Gasteiger partial charge in [0.25, 0.3) is 0 Å². The molecule has 0 radical (unpaired) electrons. The van der Waals surface area contributed by atoms with E-state index in [0.29, 0.717) is 24.5 Å². The number of rotatable bonds is 0. The number of Topliss-reactive ketones (excluding diaryl/α,β-unsaturated/α-hetero) is 1. The quantitative estimate of drug-likeness (QED) is 0.579. The first-order valence-corrected chi connectivity index (χ1v) is 3.90. The summed E-state index contributed by atoms with van der Waals surface area (Å²) in [6, 6.07) is 1.85. The molecule has 0 saturated heterocycles. The molecule has 0 amide bonds. The van der Waals surface area contributed by atoms with Gasteiger partial charge >= 0.3 is 0 Å². The first-order valence-electron chi connectivity index (χ1n) is 3.90. The Bertz CT molecular complexity index is 333. The number of carbonyl (C=O) groups excluding carboxylic acids is 1. The number of fused-ring (bicyclic) bond motifs is 1. The minimum Gasteiger partial charge on any atom is -0.491 e. The molecule has 0 fully saturated rings. The number of nitrogens with zero attached hydrogens (tertiary/aromatic N) is 1. The van der Waals surface area contributed by atoms with E-state index in [1.807, 2.05) is 13.0 Å². The van der Waals surface area contributed by atoms with Gasteiger partial charge in [-0.3, -0.25) is 4.79 Å². The van der Waals surface area contributed by atoms with Gasteiger partial charge in [-0.15, -0.1) is 0 Å². The fourth-order valence-electron chi connectivity index (χ4n) is 1.23. The van der Waals surface area contributed by atoms with Crippen LogP contribution in [0, 0.1) is 6.92 Å². The topological polar surface area (TPSA) is 39.2 Å². The summed E-state index contributed by atoms with van der Waals surface area (Å²) in [7, 11) is 0.